The van der Waals surface area contributed by atoms with E-state index in [2.05, 4.69) is 4.98 Å². The van der Waals surface area contributed by atoms with Crippen LogP contribution in [0.1, 0.15) is 29.0 Å². The summed E-state index contributed by atoms with van der Waals surface area (Å²) in [6.07, 6.45) is 0.0530. The number of hydrogen-bond donors (Lipinski definition) is 1. The van der Waals surface area contributed by atoms with Crippen molar-refractivity contribution in [3.8, 4) is 17.2 Å². The molecule has 1 aliphatic rings. The van der Waals surface area contributed by atoms with Gasteiger partial charge in [-0.3, -0.25) is 9.59 Å². The largest absolute Gasteiger partial charge is 0.493 e. The minimum atomic E-state index is -0.471. The Morgan fingerprint density at radius 1 is 1.03 bits per heavy atom. The molecule has 33 heavy (non-hydrogen) atoms. The summed E-state index contributed by atoms with van der Waals surface area (Å²) in [5, 5.41) is 1.31. The second-order valence-electron chi connectivity index (χ2n) is 7.76. The number of fused-ring (bicyclic) bond motifs is 3. The third kappa shape index (κ3) is 3.94. The highest BCUT2D eigenvalue weighted by atomic mass is 35.5. The summed E-state index contributed by atoms with van der Waals surface area (Å²) in [5.41, 5.74) is 2.39. The molecule has 1 atom stereocenters. The van der Waals surface area contributed by atoms with E-state index in [1.807, 2.05) is 42.5 Å². The average Bonchev–Trinajstić information content (AvgIpc) is 2.83. The number of nitrogens with one attached hydrogen (secondary N) is 1. The van der Waals surface area contributed by atoms with Gasteiger partial charge in [-0.05, 0) is 35.9 Å². The third-order valence-corrected chi connectivity index (χ3v) is 6.14. The quantitative estimate of drug-likeness (QED) is 0.413. The lowest BCUT2D eigenvalue weighted by atomic mass is 9.86. The third-order valence-electron chi connectivity index (χ3n) is 5.78. The number of halogens is 1. The number of hydrogen-bond acceptors (Lipinski definition) is 5. The van der Waals surface area contributed by atoms with Gasteiger partial charge in [0, 0.05) is 21.9 Å². The molecule has 0 aliphatic carbocycles. The van der Waals surface area contributed by atoms with Crippen LogP contribution in [0.2, 0.25) is 5.02 Å². The smallest absolute Gasteiger partial charge is 0.312 e. The lowest BCUT2D eigenvalue weighted by Crippen LogP contribution is -2.28. The summed E-state index contributed by atoms with van der Waals surface area (Å²) in [4.78, 5) is 28.3. The molecule has 166 valence electrons. The first-order chi connectivity index (χ1) is 16.0. The fourth-order valence-corrected chi connectivity index (χ4v) is 4.34. The number of para-hydroxylation sites is 1. The molecule has 6 nitrogen and oxygen atoms in total. The molecule has 0 spiro atoms. The molecule has 0 radical (unpaired) electrons. The van der Waals surface area contributed by atoms with Gasteiger partial charge in [0.25, 0.3) is 5.56 Å². The molecule has 1 aromatic heterocycles. The molecule has 2 heterocycles. The second-order valence-corrected chi connectivity index (χ2v) is 8.17. The molecule has 1 aliphatic heterocycles. The summed E-state index contributed by atoms with van der Waals surface area (Å²) < 4.78 is 17.0. The zero-order valence-electron chi connectivity index (χ0n) is 17.8. The zero-order chi connectivity index (χ0) is 22.9. The summed E-state index contributed by atoms with van der Waals surface area (Å²) >= 11 is 6.22. The number of pyridine rings is 1. The van der Waals surface area contributed by atoms with Gasteiger partial charge in [0.15, 0.2) is 11.5 Å². The lowest BCUT2D eigenvalue weighted by Gasteiger charge is -2.25. The van der Waals surface area contributed by atoms with Crippen molar-refractivity contribution >= 4 is 28.5 Å². The van der Waals surface area contributed by atoms with Gasteiger partial charge in [-0.2, -0.15) is 0 Å². The Bertz CT molecular complexity index is 1430. The van der Waals surface area contributed by atoms with E-state index in [4.69, 9.17) is 25.8 Å². The maximum absolute atomic E-state index is 13.0. The van der Waals surface area contributed by atoms with E-state index >= 15 is 0 Å². The van der Waals surface area contributed by atoms with Crippen molar-refractivity contribution in [2.24, 2.45) is 0 Å². The fraction of sp³-hybridized carbons (Fsp3) is 0.154. The van der Waals surface area contributed by atoms with Gasteiger partial charge in [-0.25, -0.2) is 0 Å². The number of aromatic amines is 1. The Morgan fingerprint density at radius 3 is 2.64 bits per heavy atom. The van der Waals surface area contributed by atoms with E-state index in [-0.39, 0.29) is 24.6 Å². The number of H-pyrrole nitrogens is 1. The Hall–Kier alpha value is -3.77. The van der Waals surface area contributed by atoms with Crippen LogP contribution < -0.4 is 19.8 Å². The Morgan fingerprint density at radius 2 is 1.82 bits per heavy atom. The Kier molecular flexibility index (Phi) is 5.52. The number of aromatic nitrogens is 1. The van der Waals surface area contributed by atoms with Crippen LogP contribution in [0.3, 0.4) is 0 Å². The van der Waals surface area contributed by atoms with Crippen molar-refractivity contribution in [2.45, 2.75) is 18.9 Å². The van der Waals surface area contributed by atoms with Crippen LogP contribution in [0.25, 0.3) is 10.9 Å². The molecule has 0 saturated heterocycles. The summed E-state index contributed by atoms with van der Waals surface area (Å²) in [6, 6.07) is 20.1. The number of carbonyl (C=O) groups excluding carboxylic acids is 1. The lowest BCUT2D eigenvalue weighted by molar-refractivity contribution is -0.135. The minimum absolute atomic E-state index is 0.0530. The predicted molar refractivity (Wildman–Crippen MR) is 125 cm³/mol. The zero-order valence-corrected chi connectivity index (χ0v) is 18.5. The number of esters is 1. The van der Waals surface area contributed by atoms with Gasteiger partial charge in [0.1, 0.15) is 12.4 Å². The number of methoxy groups -OCH3 is 1. The van der Waals surface area contributed by atoms with E-state index in [0.29, 0.717) is 38.7 Å². The van der Waals surface area contributed by atoms with Crippen LogP contribution in [0.15, 0.2) is 71.5 Å². The Balaban J connectivity index is 1.53. The van der Waals surface area contributed by atoms with Crippen molar-refractivity contribution in [1.82, 2.24) is 4.98 Å². The van der Waals surface area contributed by atoms with Crippen molar-refractivity contribution in [3.63, 3.8) is 0 Å². The molecular weight excluding hydrogens is 442 g/mol. The minimum Gasteiger partial charge on any atom is -0.493 e. The SMILES string of the molecule is COc1cc([C@H]2CC(=O)Oc3c2c(=O)[nH]c2ccccc32)ccc1OCc1ccccc1Cl. The van der Waals surface area contributed by atoms with Crippen molar-refractivity contribution in [3.05, 3.63) is 98.8 Å². The van der Waals surface area contributed by atoms with Crippen LogP contribution in [-0.4, -0.2) is 18.1 Å². The van der Waals surface area contributed by atoms with Gasteiger partial charge in [-0.15, -0.1) is 0 Å². The monoisotopic (exact) mass is 461 g/mol. The molecule has 0 unspecified atom stereocenters. The molecule has 0 amide bonds. The van der Waals surface area contributed by atoms with E-state index < -0.39 is 5.92 Å². The highest BCUT2D eigenvalue weighted by Crippen LogP contribution is 2.42. The molecule has 3 aromatic carbocycles. The van der Waals surface area contributed by atoms with E-state index in [9.17, 15) is 9.59 Å². The maximum atomic E-state index is 13.0. The van der Waals surface area contributed by atoms with Gasteiger partial charge in [0.2, 0.25) is 0 Å². The fourth-order valence-electron chi connectivity index (χ4n) is 4.15. The number of ether oxygens (including phenoxy) is 3. The van der Waals surface area contributed by atoms with Gasteiger partial charge in [-0.1, -0.05) is 48.0 Å². The van der Waals surface area contributed by atoms with Gasteiger partial charge in [0.05, 0.1) is 24.6 Å². The van der Waals surface area contributed by atoms with Crippen molar-refractivity contribution in [1.29, 1.82) is 0 Å². The first-order valence-corrected chi connectivity index (χ1v) is 10.8. The summed E-state index contributed by atoms with van der Waals surface area (Å²) in [5.74, 6) is 0.487. The van der Waals surface area contributed by atoms with Crippen LogP contribution in [0, 0.1) is 0 Å². The van der Waals surface area contributed by atoms with Crippen molar-refractivity contribution in [2.75, 3.05) is 7.11 Å². The number of benzene rings is 3. The number of rotatable bonds is 5. The van der Waals surface area contributed by atoms with Crippen LogP contribution >= 0.6 is 11.6 Å². The Labute approximate surface area is 194 Å². The first kappa shape index (κ1) is 21.1. The molecule has 4 aromatic rings. The highest BCUT2D eigenvalue weighted by Gasteiger charge is 2.33. The topological polar surface area (TPSA) is 77.6 Å². The molecule has 5 rings (SSSR count). The average molecular weight is 462 g/mol. The second kappa shape index (κ2) is 8.64. The number of carbonyl (C=O) groups is 1. The highest BCUT2D eigenvalue weighted by molar-refractivity contribution is 6.31. The van der Waals surface area contributed by atoms with Gasteiger partial charge >= 0.3 is 5.97 Å². The van der Waals surface area contributed by atoms with Gasteiger partial charge < -0.3 is 19.2 Å². The van der Waals surface area contributed by atoms with Crippen molar-refractivity contribution < 1.29 is 19.0 Å². The van der Waals surface area contributed by atoms with Crippen LogP contribution in [0.5, 0.6) is 17.2 Å². The molecular formula is C26H20ClNO5. The maximum Gasteiger partial charge on any atom is 0.312 e. The van der Waals surface area contributed by atoms with Crippen LogP contribution in [-0.2, 0) is 11.4 Å². The summed E-state index contributed by atoms with van der Waals surface area (Å²) in [6.45, 7) is 0.277. The molecule has 0 saturated carbocycles. The molecule has 1 N–H and O–H groups in total. The van der Waals surface area contributed by atoms with E-state index in [0.717, 1.165) is 11.1 Å². The normalized spacial score (nSPS) is 15.1. The molecule has 7 heteroatoms. The first-order valence-electron chi connectivity index (χ1n) is 10.4. The molecule has 0 bridgehead atoms. The predicted octanol–water partition coefficient (Wildman–Crippen LogP) is 5.21. The van der Waals surface area contributed by atoms with E-state index in [1.54, 1.807) is 31.4 Å². The van der Waals surface area contributed by atoms with E-state index in [1.165, 1.54) is 0 Å². The van der Waals surface area contributed by atoms with Crippen LogP contribution in [0.4, 0.5) is 0 Å². The standard InChI is InChI=1S/C26H20ClNO5/c1-31-22-12-15(10-11-21(22)32-14-16-6-2-4-8-19(16)27)18-13-23(29)33-25-17-7-3-5-9-20(17)28-26(30)24(18)25/h2-12,18H,13-14H2,1H3,(H,28,30)/t18-/m1/s1. The summed E-state index contributed by atoms with van der Waals surface area (Å²) in [7, 11) is 1.55. The molecule has 0 fully saturated rings.